The number of rotatable bonds is 8. The molecule has 0 spiro atoms. The maximum atomic E-state index is 11.0. The fourth-order valence-electron chi connectivity index (χ4n) is 1.12. The third-order valence-electron chi connectivity index (χ3n) is 2.25. The Labute approximate surface area is 90.7 Å². The highest BCUT2D eigenvalue weighted by Crippen LogP contribution is 1.96. The van der Waals surface area contributed by atoms with Gasteiger partial charge < -0.3 is 10.2 Å². The zero-order chi connectivity index (χ0) is 11.0. The highest BCUT2D eigenvalue weighted by atomic mass is 32.2. The molecular weight excluding hydrogens is 196 g/mol. The fourth-order valence-corrected chi connectivity index (χ4v) is 1.57. The molecule has 0 saturated heterocycles. The van der Waals surface area contributed by atoms with Crippen LogP contribution in [-0.4, -0.2) is 54.3 Å². The van der Waals surface area contributed by atoms with Gasteiger partial charge in [-0.1, -0.05) is 6.92 Å². The van der Waals surface area contributed by atoms with Gasteiger partial charge in [0.15, 0.2) is 0 Å². The third-order valence-corrected chi connectivity index (χ3v) is 3.62. The number of nitrogens with zero attached hydrogens (tertiary/aromatic N) is 1. The van der Waals surface area contributed by atoms with Crippen molar-refractivity contribution in [2.24, 2.45) is 0 Å². The Balaban J connectivity index is 3.17. The lowest BCUT2D eigenvalue weighted by Gasteiger charge is -2.11. The van der Waals surface area contributed by atoms with Crippen LogP contribution in [0.4, 0.5) is 0 Å². The van der Waals surface area contributed by atoms with Gasteiger partial charge in [-0.3, -0.25) is 4.21 Å². The molecule has 0 aliphatic rings. The Kier molecular flexibility index (Phi) is 8.43. The molecule has 86 valence electrons. The van der Waals surface area contributed by atoms with E-state index in [0.717, 1.165) is 26.1 Å². The van der Waals surface area contributed by atoms with Gasteiger partial charge >= 0.3 is 0 Å². The molecule has 14 heavy (non-hydrogen) atoms. The maximum Gasteiger partial charge on any atom is 0.0329 e. The van der Waals surface area contributed by atoms with Crippen molar-refractivity contribution in [1.29, 1.82) is 0 Å². The standard InChI is InChI=1S/C10H24N2OS/c1-10(14(4)13)6-8-11-7-5-9-12(2)3/h10-11H,5-9H2,1-4H3. The van der Waals surface area contributed by atoms with Crippen molar-refractivity contribution in [3.63, 3.8) is 0 Å². The molecule has 0 bridgehead atoms. The van der Waals surface area contributed by atoms with Crippen molar-refractivity contribution in [2.45, 2.75) is 25.0 Å². The Bertz CT molecular complexity index is 162. The van der Waals surface area contributed by atoms with Crippen LogP contribution in [0.3, 0.4) is 0 Å². The summed E-state index contributed by atoms with van der Waals surface area (Å²) in [6.07, 6.45) is 3.96. The highest BCUT2D eigenvalue weighted by molar-refractivity contribution is 7.84. The van der Waals surface area contributed by atoms with Crippen LogP contribution >= 0.6 is 0 Å². The molecule has 0 aromatic rings. The molecule has 0 aromatic carbocycles. The van der Waals surface area contributed by atoms with Crippen molar-refractivity contribution < 1.29 is 4.21 Å². The first-order valence-electron chi connectivity index (χ1n) is 5.21. The number of nitrogens with one attached hydrogen (secondary N) is 1. The molecule has 4 heteroatoms. The summed E-state index contributed by atoms with van der Waals surface area (Å²) in [5, 5.41) is 3.68. The number of hydrogen-bond acceptors (Lipinski definition) is 3. The molecule has 0 fully saturated rings. The summed E-state index contributed by atoms with van der Waals surface area (Å²) < 4.78 is 11.0. The van der Waals surface area contributed by atoms with E-state index in [1.54, 1.807) is 6.26 Å². The van der Waals surface area contributed by atoms with E-state index < -0.39 is 10.8 Å². The second-order valence-corrected chi connectivity index (χ2v) is 5.81. The molecule has 0 aromatic heterocycles. The van der Waals surface area contributed by atoms with Crippen LogP contribution in [0.15, 0.2) is 0 Å². The van der Waals surface area contributed by atoms with E-state index in [1.165, 1.54) is 6.42 Å². The summed E-state index contributed by atoms with van der Waals surface area (Å²) in [6, 6.07) is 0. The molecule has 0 radical (unpaired) electrons. The van der Waals surface area contributed by atoms with Crippen molar-refractivity contribution in [3.8, 4) is 0 Å². The Morgan fingerprint density at radius 2 is 2.00 bits per heavy atom. The first-order chi connectivity index (χ1) is 6.54. The molecule has 2 unspecified atom stereocenters. The minimum atomic E-state index is -0.673. The maximum absolute atomic E-state index is 11.0. The Morgan fingerprint density at radius 3 is 2.50 bits per heavy atom. The average molecular weight is 220 g/mol. The summed E-state index contributed by atoms with van der Waals surface area (Å²) in [5.41, 5.74) is 0. The van der Waals surface area contributed by atoms with E-state index in [0.29, 0.717) is 5.25 Å². The predicted molar refractivity (Wildman–Crippen MR) is 64.2 cm³/mol. The van der Waals surface area contributed by atoms with Crippen molar-refractivity contribution in [1.82, 2.24) is 10.2 Å². The fraction of sp³-hybridized carbons (Fsp3) is 1.00. The van der Waals surface area contributed by atoms with Gasteiger partial charge in [-0.05, 0) is 46.6 Å². The van der Waals surface area contributed by atoms with Gasteiger partial charge in [0.1, 0.15) is 0 Å². The first-order valence-corrected chi connectivity index (χ1v) is 6.84. The molecule has 3 nitrogen and oxygen atoms in total. The zero-order valence-corrected chi connectivity index (χ0v) is 10.7. The summed E-state index contributed by atoms with van der Waals surface area (Å²) in [6.45, 7) is 5.20. The lowest BCUT2D eigenvalue weighted by Crippen LogP contribution is -2.24. The lowest BCUT2D eigenvalue weighted by atomic mass is 10.3. The molecule has 0 amide bonds. The highest BCUT2D eigenvalue weighted by Gasteiger charge is 2.04. The van der Waals surface area contributed by atoms with E-state index in [9.17, 15) is 4.21 Å². The van der Waals surface area contributed by atoms with Crippen molar-refractivity contribution >= 4 is 10.8 Å². The van der Waals surface area contributed by atoms with E-state index in [4.69, 9.17) is 0 Å². The average Bonchev–Trinajstić information content (AvgIpc) is 2.09. The minimum absolute atomic E-state index is 0.316. The van der Waals surface area contributed by atoms with Crippen LogP contribution in [0.1, 0.15) is 19.8 Å². The van der Waals surface area contributed by atoms with Gasteiger partial charge in [-0.25, -0.2) is 0 Å². The third kappa shape index (κ3) is 8.66. The van der Waals surface area contributed by atoms with Crippen molar-refractivity contribution in [3.05, 3.63) is 0 Å². The Hall–Kier alpha value is 0.0700. The summed E-state index contributed by atoms with van der Waals surface area (Å²) >= 11 is 0. The largest absolute Gasteiger partial charge is 0.317 e. The van der Waals surface area contributed by atoms with Crippen LogP contribution in [-0.2, 0) is 10.8 Å². The van der Waals surface area contributed by atoms with E-state index in [1.807, 2.05) is 6.92 Å². The van der Waals surface area contributed by atoms with Crippen LogP contribution in [0.25, 0.3) is 0 Å². The Morgan fingerprint density at radius 1 is 1.36 bits per heavy atom. The molecule has 0 rings (SSSR count). The predicted octanol–water partition coefficient (Wildman–Crippen LogP) is 0.685. The van der Waals surface area contributed by atoms with Gasteiger partial charge in [0.25, 0.3) is 0 Å². The minimum Gasteiger partial charge on any atom is -0.317 e. The molecule has 1 N–H and O–H groups in total. The van der Waals surface area contributed by atoms with Crippen LogP contribution < -0.4 is 5.32 Å². The second-order valence-electron chi connectivity index (χ2n) is 4.00. The monoisotopic (exact) mass is 220 g/mol. The number of hydrogen-bond donors (Lipinski definition) is 1. The lowest BCUT2D eigenvalue weighted by molar-refractivity contribution is 0.394. The molecule has 0 saturated carbocycles. The van der Waals surface area contributed by atoms with E-state index in [2.05, 4.69) is 24.3 Å². The topological polar surface area (TPSA) is 32.3 Å². The smallest absolute Gasteiger partial charge is 0.0329 e. The molecule has 0 heterocycles. The summed E-state index contributed by atoms with van der Waals surface area (Å²) in [4.78, 5) is 2.19. The second kappa shape index (κ2) is 8.38. The van der Waals surface area contributed by atoms with Crippen LogP contribution in [0.5, 0.6) is 0 Å². The normalized spacial score (nSPS) is 15.8. The van der Waals surface area contributed by atoms with E-state index in [-0.39, 0.29) is 0 Å². The molecule has 0 aliphatic heterocycles. The van der Waals surface area contributed by atoms with Gasteiger partial charge in [0.2, 0.25) is 0 Å². The van der Waals surface area contributed by atoms with Gasteiger partial charge in [0, 0.05) is 22.3 Å². The van der Waals surface area contributed by atoms with Gasteiger partial charge in [-0.2, -0.15) is 0 Å². The molecular formula is C10H24N2OS. The van der Waals surface area contributed by atoms with Crippen LogP contribution in [0.2, 0.25) is 0 Å². The van der Waals surface area contributed by atoms with Gasteiger partial charge in [0.05, 0.1) is 0 Å². The first kappa shape index (κ1) is 14.1. The quantitative estimate of drug-likeness (QED) is 0.611. The SMILES string of the molecule is CC(CCNCCCN(C)C)S(C)=O. The molecule has 2 atom stereocenters. The van der Waals surface area contributed by atoms with E-state index >= 15 is 0 Å². The van der Waals surface area contributed by atoms with Crippen LogP contribution in [0, 0.1) is 0 Å². The molecule has 0 aliphatic carbocycles. The summed E-state index contributed by atoms with van der Waals surface area (Å²) in [5.74, 6) is 0. The summed E-state index contributed by atoms with van der Waals surface area (Å²) in [7, 11) is 3.50. The van der Waals surface area contributed by atoms with Crippen molar-refractivity contribution in [2.75, 3.05) is 40.0 Å². The zero-order valence-electron chi connectivity index (χ0n) is 9.88. The van der Waals surface area contributed by atoms with Gasteiger partial charge in [-0.15, -0.1) is 0 Å².